The molecule has 2 aromatic carbocycles. The van der Waals surface area contributed by atoms with Gasteiger partial charge in [-0.3, -0.25) is 9.36 Å². The molecular formula is C22H25N5O4S2. The lowest BCUT2D eigenvalue weighted by Crippen LogP contribution is -2.43. The summed E-state index contributed by atoms with van der Waals surface area (Å²) in [5, 5.41) is 9.23. The van der Waals surface area contributed by atoms with Crippen LogP contribution in [0.2, 0.25) is 0 Å². The van der Waals surface area contributed by atoms with Crippen LogP contribution in [-0.2, 0) is 14.8 Å². The number of nitrogens with zero attached hydrogens (tertiary/aromatic N) is 5. The van der Waals surface area contributed by atoms with E-state index in [2.05, 4.69) is 10.2 Å². The molecular weight excluding hydrogens is 462 g/mol. The van der Waals surface area contributed by atoms with Gasteiger partial charge in [-0.1, -0.05) is 30.0 Å². The first-order chi connectivity index (χ1) is 15.8. The number of methoxy groups -OCH3 is 1. The van der Waals surface area contributed by atoms with Gasteiger partial charge in [0.2, 0.25) is 15.9 Å². The third-order valence-electron chi connectivity index (χ3n) is 5.35. The molecule has 0 unspecified atom stereocenters. The van der Waals surface area contributed by atoms with Crippen molar-refractivity contribution < 1.29 is 17.9 Å². The van der Waals surface area contributed by atoms with E-state index >= 15 is 0 Å². The maximum Gasteiger partial charge on any atom is 0.242 e. The summed E-state index contributed by atoms with van der Waals surface area (Å²) >= 11 is 1.30. The molecule has 11 heteroatoms. The molecule has 2 heterocycles. The number of aromatic nitrogens is 3. The van der Waals surface area contributed by atoms with E-state index in [-0.39, 0.29) is 16.6 Å². The molecule has 0 aliphatic carbocycles. The Morgan fingerprint density at radius 3 is 2.55 bits per heavy atom. The lowest BCUT2D eigenvalue weighted by molar-refractivity contribution is -0.131. The van der Waals surface area contributed by atoms with Crippen LogP contribution in [0.15, 0.2) is 58.6 Å². The van der Waals surface area contributed by atoms with E-state index in [0.29, 0.717) is 22.3 Å². The molecule has 1 aromatic heterocycles. The minimum Gasteiger partial charge on any atom is -0.497 e. The van der Waals surface area contributed by atoms with E-state index in [0.717, 1.165) is 25.2 Å². The lowest BCUT2D eigenvalue weighted by Gasteiger charge is -2.30. The second-order valence-electron chi connectivity index (χ2n) is 7.68. The molecule has 0 spiro atoms. The van der Waals surface area contributed by atoms with Crippen molar-refractivity contribution >= 4 is 27.7 Å². The quantitative estimate of drug-likeness (QED) is 0.450. The standard InChI is InChI=1S/C22H25N5O4S2/c1-25(2)33(29,30)19-10-4-7-16(13-19)21-23-24-22(32-15-20(28)26-11-6-12-26)27(21)17-8-5-9-18(14-17)31-3/h4-5,7-10,13-14H,6,11-12,15H2,1-3H3. The van der Waals surface area contributed by atoms with Crippen LogP contribution in [0.25, 0.3) is 17.1 Å². The molecule has 0 N–H and O–H groups in total. The SMILES string of the molecule is COc1cccc(-n2c(SCC(=O)N3CCC3)nnc2-c2cccc(S(=O)(=O)N(C)C)c2)c1. The van der Waals surface area contributed by atoms with Crippen LogP contribution in [0.1, 0.15) is 6.42 Å². The number of thioether (sulfide) groups is 1. The fraction of sp³-hybridized carbons (Fsp3) is 0.318. The number of hydrogen-bond donors (Lipinski definition) is 0. The number of amides is 1. The topological polar surface area (TPSA) is 97.6 Å². The Morgan fingerprint density at radius 2 is 1.88 bits per heavy atom. The van der Waals surface area contributed by atoms with Gasteiger partial charge >= 0.3 is 0 Å². The van der Waals surface area contributed by atoms with Crippen molar-refractivity contribution in [2.45, 2.75) is 16.5 Å². The lowest BCUT2D eigenvalue weighted by atomic mass is 10.2. The van der Waals surface area contributed by atoms with E-state index in [1.807, 2.05) is 33.7 Å². The van der Waals surface area contributed by atoms with E-state index in [1.54, 1.807) is 31.4 Å². The molecule has 0 saturated carbocycles. The normalized spacial score (nSPS) is 13.8. The monoisotopic (exact) mass is 487 g/mol. The second kappa shape index (κ2) is 9.54. The Balaban J connectivity index is 1.77. The summed E-state index contributed by atoms with van der Waals surface area (Å²) in [6.07, 6.45) is 1.03. The predicted molar refractivity (Wildman–Crippen MR) is 126 cm³/mol. The highest BCUT2D eigenvalue weighted by Crippen LogP contribution is 2.31. The first-order valence-electron chi connectivity index (χ1n) is 10.3. The van der Waals surface area contributed by atoms with Gasteiger partial charge in [0.25, 0.3) is 0 Å². The number of carbonyl (C=O) groups excluding carboxylic acids is 1. The first kappa shape index (κ1) is 23.3. The van der Waals surface area contributed by atoms with E-state index in [1.165, 1.54) is 30.2 Å². The molecule has 33 heavy (non-hydrogen) atoms. The van der Waals surface area contributed by atoms with Crippen molar-refractivity contribution in [2.24, 2.45) is 0 Å². The summed E-state index contributed by atoms with van der Waals surface area (Å²) in [7, 11) is 0.952. The predicted octanol–water partition coefficient (Wildman–Crippen LogP) is 2.52. The summed E-state index contributed by atoms with van der Waals surface area (Å²) in [4.78, 5) is 14.4. The number of likely N-dealkylation sites (tertiary alicyclic amines) is 1. The summed E-state index contributed by atoms with van der Waals surface area (Å²) < 4.78 is 33.7. The summed E-state index contributed by atoms with van der Waals surface area (Å²) in [5.74, 6) is 1.44. The van der Waals surface area contributed by atoms with Gasteiger partial charge in [0.15, 0.2) is 11.0 Å². The third-order valence-corrected chi connectivity index (χ3v) is 8.07. The van der Waals surface area contributed by atoms with Gasteiger partial charge in [-0.25, -0.2) is 12.7 Å². The van der Waals surface area contributed by atoms with Crippen molar-refractivity contribution in [3.05, 3.63) is 48.5 Å². The average molecular weight is 488 g/mol. The molecule has 1 saturated heterocycles. The van der Waals surface area contributed by atoms with Crippen molar-refractivity contribution in [1.82, 2.24) is 24.0 Å². The smallest absolute Gasteiger partial charge is 0.242 e. The van der Waals surface area contributed by atoms with Gasteiger partial charge in [-0.05, 0) is 30.7 Å². The zero-order valence-corrected chi connectivity index (χ0v) is 20.3. The van der Waals surface area contributed by atoms with Crippen LogP contribution in [0, 0.1) is 0 Å². The van der Waals surface area contributed by atoms with Crippen molar-refractivity contribution in [3.8, 4) is 22.8 Å². The number of ether oxygens (including phenoxy) is 1. The Hall–Kier alpha value is -2.89. The fourth-order valence-corrected chi connectivity index (χ4v) is 5.13. The number of hydrogen-bond acceptors (Lipinski definition) is 7. The molecule has 0 radical (unpaired) electrons. The van der Waals surface area contributed by atoms with Gasteiger partial charge < -0.3 is 9.64 Å². The molecule has 1 fully saturated rings. The van der Waals surface area contributed by atoms with Crippen LogP contribution in [0.5, 0.6) is 5.75 Å². The molecule has 4 rings (SSSR count). The Bertz CT molecular complexity index is 1270. The maximum absolute atomic E-state index is 12.7. The van der Waals surface area contributed by atoms with Gasteiger partial charge in [0.1, 0.15) is 5.75 Å². The zero-order chi connectivity index (χ0) is 23.6. The van der Waals surface area contributed by atoms with Crippen LogP contribution >= 0.6 is 11.8 Å². The number of benzene rings is 2. The van der Waals surface area contributed by atoms with Crippen molar-refractivity contribution in [3.63, 3.8) is 0 Å². The van der Waals surface area contributed by atoms with Gasteiger partial charge in [0.05, 0.1) is 23.4 Å². The van der Waals surface area contributed by atoms with Gasteiger partial charge in [-0.15, -0.1) is 10.2 Å². The highest BCUT2D eigenvalue weighted by atomic mass is 32.2. The molecule has 1 amide bonds. The molecule has 1 aliphatic heterocycles. The van der Waals surface area contributed by atoms with E-state index in [9.17, 15) is 13.2 Å². The fourth-order valence-electron chi connectivity index (χ4n) is 3.32. The van der Waals surface area contributed by atoms with E-state index < -0.39 is 10.0 Å². The van der Waals surface area contributed by atoms with Crippen LogP contribution < -0.4 is 4.74 Å². The highest BCUT2D eigenvalue weighted by Gasteiger charge is 2.24. The minimum absolute atomic E-state index is 0.0621. The second-order valence-corrected chi connectivity index (χ2v) is 10.8. The molecule has 1 aliphatic rings. The summed E-state index contributed by atoms with van der Waals surface area (Å²) in [6.45, 7) is 1.58. The third kappa shape index (κ3) is 4.75. The Kier molecular flexibility index (Phi) is 6.73. The van der Waals surface area contributed by atoms with Crippen molar-refractivity contribution in [1.29, 1.82) is 0 Å². The maximum atomic E-state index is 12.7. The van der Waals surface area contributed by atoms with Crippen LogP contribution in [0.4, 0.5) is 0 Å². The molecule has 0 atom stereocenters. The highest BCUT2D eigenvalue weighted by molar-refractivity contribution is 7.99. The Morgan fingerprint density at radius 1 is 1.12 bits per heavy atom. The van der Waals surface area contributed by atoms with Crippen LogP contribution in [0.3, 0.4) is 0 Å². The van der Waals surface area contributed by atoms with Crippen LogP contribution in [-0.4, -0.2) is 78.3 Å². The number of carbonyl (C=O) groups is 1. The van der Waals surface area contributed by atoms with Gasteiger partial charge in [-0.2, -0.15) is 0 Å². The molecule has 3 aromatic rings. The number of rotatable bonds is 8. The molecule has 9 nitrogen and oxygen atoms in total. The Labute approximate surface area is 197 Å². The minimum atomic E-state index is -3.62. The van der Waals surface area contributed by atoms with Gasteiger partial charge in [0, 0.05) is 38.8 Å². The van der Waals surface area contributed by atoms with E-state index in [4.69, 9.17) is 4.74 Å². The molecule has 0 bridgehead atoms. The number of sulfonamides is 1. The first-order valence-corrected chi connectivity index (χ1v) is 12.8. The molecule has 174 valence electrons. The summed E-state index contributed by atoms with van der Waals surface area (Å²) in [5.41, 5.74) is 1.34. The largest absolute Gasteiger partial charge is 0.497 e. The average Bonchev–Trinajstić information content (AvgIpc) is 3.20. The summed E-state index contributed by atoms with van der Waals surface area (Å²) in [6, 6.07) is 14.0. The van der Waals surface area contributed by atoms with Crippen molar-refractivity contribution in [2.75, 3.05) is 40.0 Å². The zero-order valence-electron chi connectivity index (χ0n) is 18.6.